The molecule has 2 unspecified atom stereocenters. The molecule has 0 bridgehead atoms. The molecule has 21 nitrogen and oxygen atoms in total. The Balaban J connectivity index is 1.63. The molecule has 430 valence electrons. The van der Waals surface area contributed by atoms with Gasteiger partial charge in [0, 0.05) is 56.2 Å². The lowest BCUT2D eigenvalue weighted by Gasteiger charge is -2.40. The molecule has 0 aliphatic carbocycles. The lowest BCUT2D eigenvalue weighted by Crippen LogP contribution is -2.61. The second-order valence-electron chi connectivity index (χ2n) is 22.1. The van der Waals surface area contributed by atoms with Gasteiger partial charge in [0.2, 0.25) is 39.6 Å². The van der Waals surface area contributed by atoms with Gasteiger partial charge in [0.15, 0.2) is 0 Å². The van der Waals surface area contributed by atoms with E-state index in [1.54, 1.807) is 46.2 Å². The molecule has 78 heavy (non-hydrogen) atoms. The highest BCUT2D eigenvalue weighted by molar-refractivity contribution is 7.89. The van der Waals surface area contributed by atoms with E-state index < -0.39 is 86.5 Å². The Labute approximate surface area is 460 Å². The molecule has 1 aliphatic rings. The number of sulfonamides is 1. The van der Waals surface area contributed by atoms with E-state index in [2.05, 4.69) is 36.6 Å². The van der Waals surface area contributed by atoms with E-state index in [1.807, 2.05) is 78.8 Å². The quantitative estimate of drug-likeness (QED) is 0.0318. The Morgan fingerprint density at radius 3 is 1.88 bits per heavy atom. The van der Waals surface area contributed by atoms with Crippen molar-refractivity contribution in [1.29, 1.82) is 0 Å². The fourth-order valence-corrected chi connectivity index (χ4v) is 10.1. The fourth-order valence-electron chi connectivity index (χ4n) is 8.92. The van der Waals surface area contributed by atoms with E-state index in [-0.39, 0.29) is 79.9 Å². The summed E-state index contributed by atoms with van der Waals surface area (Å²) >= 11 is 0. The SMILES string of the molecule is CN[C@H](C(=O)NC(C(=O)N(C)[C@H](/C=C(\C)C(=O)NS(=O)(=O)Cc1ccc(CNC(=O)[C@H](CCCNC(N)=O)NC(=O)C(NC(=O)CCCCCN2C(=O)C=CC2=O)C(C)C)cc1)C(C)C)C(C)(C)C)C(C)(C)c1ccccc1. The summed E-state index contributed by atoms with van der Waals surface area (Å²) in [6.45, 7) is 18.5. The van der Waals surface area contributed by atoms with Gasteiger partial charge >= 0.3 is 6.03 Å². The third kappa shape index (κ3) is 20.1. The highest BCUT2D eigenvalue weighted by Crippen LogP contribution is 2.29. The average molecular weight is 1110 g/mol. The zero-order valence-electron chi connectivity index (χ0n) is 47.4. The molecule has 2 aromatic carbocycles. The molecule has 0 spiro atoms. The number of rotatable bonds is 30. The molecule has 2 aromatic rings. The van der Waals surface area contributed by atoms with Crippen LogP contribution in [0.2, 0.25) is 0 Å². The number of primary amides is 1. The summed E-state index contributed by atoms with van der Waals surface area (Å²) in [5.41, 5.74) is 5.74. The minimum absolute atomic E-state index is 0.0147. The number of urea groups is 1. The summed E-state index contributed by atoms with van der Waals surface area (Å²) in [5.74, 6) is -5.08. The van der Waals surface area contributed by atoms with Crippen molar-refractivity contribution >= 4 is 63.3 Å². The van der Waals surface area contributed by atoms with Crippen LogP contribution in [0.1, 0.15) is 124 Å². The first-order chi connectivity index (χ1) is 36.4. The molecule has 0 saturated heterocycles. The van der Waals surface area contributed by atoms with Crippen molar-refractivity contribution in [2.45, 2.75) is 156 Å². The van der Waals surface area contributed by atoms with Crippen molar-refractivity contribution in [2.75, 3.05) is 27.2 Å². The number of nitrogens with one attached hydrogen (secondary N) is 7. The maximum atomic E-state index is 14.4. The number of nitrogens with zero attached hydrogens (tertiary/aromatic N) is 2. The monoisotopic (exact) mass is 1100 g/mol. The molecule has 1 aliphatic heterocycles. The summed E-state index contributed by atoms with van der Waals surface area (Å²) < 4.78 is 28.9. The van der Waals surface area contributed by atoms with Gasteiger partial charge in [-0.25, -0.2) is 17.9 Å². The number of likely N-dealkylation sites (N-methyl/N-ethyl adjacent to an activating group) is 2. The van der Waals surface area contributed by atoms with Gasteiger partial charge in [0.25, 0.3) is 17.7 Å². The number of imide groups is 1. The van der Waals surface area contributed by atoms with Crippen LogP contribution in [-0.4, -0.2) is 129 Å². The van der Waals surface area contributed by atoms with Crippen molar-refractivity contribution < 1.29 is 51.6 Å². The van der Waals surface area contributed by atoms with Gasteiger partial charge in [0.05, 0.1) is 17.8 Å². The van der Waals surface area contributed by atoms with Crippen LogP contribution in [0.25, 0.3) is 0 Å². The van der Waals surface area contributed by atoms with Crippen molar-refractivity contribution in [3.05, 3.63) is 95.1 Å². The van der Waals surface area contributed by atoms with Crippen molar-refractivity contribution in [3.63, 3.8) is 0 Å². The first-order valence-electron chi connectivity index (χ1n) is 26.4. The topological polar surface area (TPSA) is 304 Å². The highest BCUT2D eigenvalue weighted by atomic mass is 32.2. The molecule has 3 rings (SSSR count). The molecular formula is C56H84N10O11S. The van der Waals surface area contributed by atoms with E-state index in [9.17, 15) is 51.6 Å². The van der Waals surface area contributed by atoms with Crippen LogP contribution in [0, 0.1) is 17.3 Å². The lowest BCUT2D eigenvalue weighted by atomic mass is 9.76. The van der Waals surface area contributed by atoms with Crippen molar-refractivity contribution in [1.82, 2.24) is 46.4 Å². The van der Waals surface area contributed by atoms with Gasteiger partial charge < -0.3 is 42.5 Å². The van der Waals surface area contributed by atoms with E-state index >= 15 is 0 Å². The largest absolute Gasteiger partial charge is 0.352 e. The Bertz CT molecular complexity index is 2590. The van der Waals surface area contributed by atoms with Gasteiger partial charge in [-0.1, -0.05) is 129 Å². The second-order valence-corrected chi connectivity index (χ2v) is 23.9. The normalized spacial score (nSPS) is 15.0. The molecule has 1 heterocycles. The minimum atomic E-state index is -4.24. The molecule has 0 fully saturated rings. The van der Waals surface area contributed by atoms with Crippen LogP contribution in [-0.2, 0) is 66.1 Å². The van der Waals surface area contributed by atoms with Crippen LogP contribution < -0.4 is 42.4 Å². The fraction of sp³-hybridized carbons (Fsp3) is 0.554. The number of carbonyl (C=O) groups excluding carboxylic acids is 9. The zero-order valence-corrected chi connectivity index (χ0v) is 48.2. The van der Waals surface area contributed by atoms with Crippen LogP contribution in [0.15, 0.2) is 78.4 Å². The molecular weight excluding hydrogens is 1020 g/mol. The van der Waals surface area contributed by atoms with Crippen LogP contribution in [0.4, 0.5) is 4.79 Å². The number of amides is 10. The Hall–Kier alpha value is -6.94. The van der Waals surface area contributed by atoms with Crippen LogP contribution in [0.3, 0.4) is 0 Å². The summed E-state index contributed by atoms with van der Waals surface area (Å²) in [7, 11) is -0.959. The van der Waals surface area contributed by atoms with E-state index in [4.69, 9.17) is 5.73 Å². The van der Waals surface area contributed by atoms with Gasteiger partial charge in [-0.15, -0.1) is 0 Å². The molecule has 9 N–H and O–H groups in total. The lowest BCUT2D eigenvalue weighted by molar-refractivity contribution is -0.141. The zero-order chi connectivity index (χ0) is 58.7. The summed E-state index contributed by atoms with van der Waals surface area (Å²) in [5, 5.41) is 16.9. The predicted octanol–water partition coefficient (Wildman–Crippen LogP) is 3.33. The van der Waals surface area contributed by atoms with Crippen LogP contribution >= 0.6 is 0 Å². The number of hydrogen-bond donors (Lipinski definition) is 8. The molecule has 0 radical (unpaired) electrons. The summed E-state index contributed by atoms with van der Waals surface area (Å²) in [6.07, 6.45) is 5.94. The van der Waals surface area contributed by atoms with Crippen molar-refractivity contribution in [2.24, 2.45) is 23.0 Å². The van der Waals surface area contributed by atoms with Gasteiger partial charge in [-0.05, 0) is 73.6 Å². The van der Waals surface area contributed by atoms with Gasteiger partial charge in [-0.2, -0.15) is 0 Å². The maximum absolute atomic E-state index is 14.4. The van der Waals surface area contributed by atoms with Crippen LogP contribution in [0.5, 0.6) is 0 Å². The summed E-state index contributed by atoms with van der Waals surface area (Å²) in [4.78, 5) is 119. The Kier molecular flexibility index (Phi) is 24.9. The average Bonchev–Trinajstić information content (AvgIpc) is 3.69. The second kappa shape index (κ2) is 29.7. The predicted molar refractivity (Wildman–Crippen MR) is 298 cm³/mol. The van der Waals surface area contributed by atoms with Gasteiger partial charge in [-0.3, -0.25) is 43.3 Å². The van der Waals surface area contributed by atoms with E-state index in [0.29, 0.717) is 30.4 Å². The first-order valence-corrected chi connectivity index (χ1v) is 28.1. The first kappa shape index (κ1) is 65.3. The number of unbranched alkanes of at least 4 members (excludes halogenated alkanes) is 2. The number of benzene rings is 2. The summed E-state index contributed by atoms with van der Waals surface area (Å²) in [6, 6.07) is 10.7. The third-order valence-corrected chi connectivity index (χ3v) is 14.8. The molecule has 10 amide bonds. The van der Waals surface area contributed by atoms with Crippen molar-refractivity contribution in [3.8, 4) is 0 Å². The number of nitrogens with two attached hydrogens (primary N) is 1. The van der Waals surface area contributed by atoms with E-state index in [0.717, 1.165) is 10.5 Å². The number of carbonyl (C=O) groups is 9. The minimum Gasteiger partial charge on any atom is -0.352 e. The van der Waals surface area contributed by atoms with E-state index in [1.165, 1.54) is 36.1 Å². The number of hydrogen-bond acceptors (Lipinski definition) is 12. The maximum Gasteiger partial charge on any atom is 0.312 e. The highest BCUT2D eigenvalue weighted by Gasteiger charge is 2.42. The molecule has 5 atom stereocenters. The standard InChI is InChI=1S/C56H84N10O11S/c1-35(2)42(65(12)53(74)48(55(6,7)8)63-52(73)47(58-11)56(9,10)40-20-15-13-16-21-40)32-37(5)49(70)64-78(76,77)34-39-26-24-38(25-27-39)33-60-50(71)41(22-19-30-59-54(57)75)61-51(72)46(36(3)4)62-43(67)23-17-14-18-31-66-44(68)28-29-45(66)69/h13,15-16,20-21,24-29,32,35-36,41-42,46-48,58H,14,17-19,22-23,30-31,33-34H2,1-12H3,(H,60,71)(H,61,72)(H,62,67)(H,63,73)(H,64,70)(H3,57,59,75)/b37-32+/t41-,42+,46?,47+,48?/m0/s1. The Morgan fingerprint density at radius 1 is 0.731 bits per heavy atom. The smallest absolute Gasteiger partial charge is 0.312 e. The molecule has 0 aromatic heterocycles. The Morgan fingerprint density at radius 2 is 1.33 bits per heavy atom. The molecule has 0 saturated carbocycles. The third-order valence-electron chi connectivity index (χ3n) is 13.6. The van der Waals surface area contributed by atoms with Gasteiger partial charge in [0.1, 0.15) is 18.1 Å². The molecule has 22 heteroatoms.